The van der Waals surface area contributed by atoms with Gasteiger partial charge in [-0.1, -0.05) is 53.5 Å². The molecule has 0 N–H and O–H groups in total. The summed E-state index contributed by atoms with van der Waals surface area (Å²) < 4.78 is 0. The SMILES string of the molecule is CC(=O)C(C)(C)C(Br)c1ccc(Cl)cc1. The van der Waals surface area contributed by atoms with Gasteiger partial charge in [-0.2, -0.15) is 0 Å². The van der Waals surface area contributed by atoms with Crippen LogP contribution in [0, 0.1) is 5.41 Å². The molecule has 82 valence electrons. The molecule has 0 aliphatic rings. The molecule has 1 nitrogen and oxygen atoms in total. The lowest BCUT2D eigenvalue weighted by Gasteiger charge is -2.27. The van der Waals surface area contributed by atoms with E-state index in [4.69, 9.17) is 11.6 Å². The van der Waals surface area contributed by atoms with Crippen LogP contribution < -0.4 is 0 Å². The van der Waals surface area contributed by atoms with Crippen LogP contribution in [0.4, 0.5) is 0 Å². The highest BCUT2D eigenvalue weighted by Crippen LogP contribution is 2.41. The van der Waals surface area contributed by atoms with Gasteiger partial charge in [0.15, 0.2) is 0 Å². The summed E-state index contributed by atoms with van der Waals surface area (Å²) in [5, 5.41) is 0.707. The number of hydrogen-bond acceptors (Lipinski definition) is 1. The number of benzene rings is 1. The summed E-state index contributed by atoms with van der Waals surface area (Å²) in [7, 11) is 0. The zero-order valence-corrected chi connectivity index (χ0v) is 11.4. The molecule has 0 fully saturated rings. The van der Waals surface area contributed by atoms with Crippen molar-refractivity contribution >= 4 is 33.3 Å². The van der Waals surface area contributed by atoms with Gasteiger partial charge in [-0.3, -0.25) is 4.79 Å². The van der Waals surface area contributed by atoms with Gasteiger partial charge in [-0.25, -0.2) is 0 Å². The van der Waals surface area contributed by atoms with Crippen LogP contribution in [0.15, 0.2) is 24.3 Å². The van der Waals surface area contributed by atoms with Crippen molar-refractivity contribution < 1.29 is 4.79 Å². The molecule has 1 rings (SSSR count). The normalized spacial score (nSPS) is 13.7. The van der Waals surface area contributed by atoms with E-state index in [2.05, 4.69) is 15.9 Å². The molecule has 0 aliphatic carbocycles. The van der Waals surface area contributed by atoms with E-state index in [1.165, 1.54) is 0 Å². The third-order valence-electron chi connectivity index (χ3n) is 2.70. The summed E-state index contributed by atoms with van der Waals surface area (Å²) in [5.74, 6) is 0.166. The second kappa shape index (κ2) is 4.67. The molecular formula is C12H14BrClO. The maximum Gasteiger partial charge on any atom is 0.136 e. The van der Waals surface area contributed by atoms with Gasteiger partial charge in [0.25, 0.3) is 0 Å². The minimum atomic E-state index is -0.409. The molecule has 15 heavy (non-hydrogen) atoms. The highest BCUT2D eigenvalue weighted by Gasteiger charge is 2.33. The lowest BCUT2D eigenvalue weighted by molar-refractivity contribution is -0.124. The van der Waals surface area contributed by atoms with Crippen LogP contribution in [0.5, 0.6) is 0 Å². The fourth-order valence-electron chi connectivity index (χ4n) is 1.23. The zero-order chi connectivity index (χ0) is 11.6. The maximum atomic E-state index is 11.5. The number of carbonyl (C=O) groups is 1. The molecule has 0 bridgehead atoms. The molecule has 0 amide bonds. The third-order valence-corrected chi connectivity index (χ3v) is 4.63. The number of halogens is 2. The Morgan fingerprint density at radius 2 is 1.80 bits per heavy atom. The highest BCUT2D eigenvalue weighted by atomic mass is 79.9. The van der Waals surface area contributed by atoms with Gasteiger partial charge in [-0.15, -0.1) is 0 Å². The molecular weight excluding hydrogens is 275 g/mol. The van der Waals surface area contributed by atoms with Gasteiger partial charge in [0.1, 0.15) is 5.78 Å². The van der Waals surface area contributed by atoms with Gasteiger partial charge >= 0.3 is 0 Å². The van der Waals surface area contributed by atoms with E-state index in [0.717, 1.165) is 5.56 Å². The average molecular weight is 290 g/mol. The highest BCUT2D eigenvalue weighted by molar-refractivity contribution is 9.09. The molecule has 0 saturated carbocycles. The van der Waals surface area contributed by atoms with Crippen molar-refractivity contribution in [3.05, 3.63) is 34.9 Å². The molecule has 0 saturated heterocycles. The van der Waals surface area contributed by atoms with E-state index in [1.807, 2.05) is 38.1 Å². The lowest BCUT2D eigenvalue weighted by Crippen LogP contribution is -2.26. The number of rotatable bonds is 3. The third kappa shape index (κ3) is 2.82. The number of hydrogen-bond donors (Lipinski definition) is 0. The van der Waals surface area contributed by atoms with Crippen molar-refractivity contribution in [2.24, 2.45) is 5.41 Å². The first-order valence-electron chi connectivity index (χ1n) is 4.76. The summed E-state index contributed by atoms with van der Waals surface area (Å²) in [4.78, 5) is 11.5. The second-order valence-electron chi connectivity index (χ2n) is 4.19. The Morgan fingerprint density at radius 1 is 1.33 bits per heavy atom. The number of Topliss-reactive ketones (excluding diaryl/α,β-unsaturated/α-hetero) is 1. The first-order chi connectivity index (χ1) is 6.85. The van der Waals surface area contributed by atoms with E-state index in [0.29, 0.717) is 5.02 Å². The van der Waals surface area contributed by atoms with E-state index < -0.39 is 5.41 Å². The van der Waals surface area contributed by atoms with Gasteiger partial charge in [0.05, 0.1) is 4.83 Å². The Labute approximate surface area is 104 Å². The van der Waals surface area contributed by atoms with Crippen molar-refractivity contribution in [3.63, 3.8) is 0 Å². The Balaban J connectivity index is 2.99. The maximum absolute atomic E-state index is 11.5. The first-order valence-corrected chi connectivity index (χ1v) is 6.05. The Hall–Kier alpha value is -0.340. The largest absolute Gasteiger partial charge is 0.299 e. The summed E-state index contributed by atoms with van der Waals surface area (Å²) in [6.07, 6.45) is 0. The summed E-state index contributed by atoms with van der Waals surface area (Å²) in [6, 6.07) is 7.54. The molecule has 1 aromatic carbocycles. The van der Waals surface area contributed by atoms with Gasteiger partial charge in [-0.05, 0) is 24.6 Å². The van der Waals surface area contributed by atoms with Crippen LogP contribution in [-0.4, -0.2) is 5.78 Å². The van der Waals surface area contributed by atoms with Crippen LogP contribution in [0.3, 0.4) is 0 Å². The lowest BCUT2D eigenvalue weighted by atomic mass is 9.82. The molecule has 3 heteroatoms. The van der Waals surface area contributed by atoms with Crippen molar-refractivity contribution in [2.45, 2.75) is 25.6 Å². The van der Waals surface area contributed by atoms with Crippen molar-refractivity contribution in [2.75, 3.05) is 0 Å². The van der Waals surface area contributed by atoms with Gasteiger partial charge in [0, 0.05) is 10.4 Å². The number of ketones is 1. The standard InChI is InChI=1S/C12H14BrClO/c1-8(15)12(2,3)11(13)9-4-6-10(14)7-5-9/h4-7,11H,1-3H3. The van der Waals surface area contributed by atoms with Crippen LogP contribution in [0.25, 0.3) is 0 Å². The minimum Gasteiger partial charge on any atom is -0.299 e. The van der Waals surface area contributed by atoms with E-state index in [9.17, 15) is 4.79 Å². The van der Waals surface area contributed by atoms with Crippen LogP contribution >= 0.6 is 27.5 Å². The number of carbonyl (C=O) groups excluding carboxylic acids is 1. The Kier molecular flexibility index (Phi) is 3.96. The Bertz CT molecular complexity index is 356. The average Bonchev–Trinajstić information content (AvgIpc) is 2.17. The van der Waals surface area contributed by atoms with E-state index in [1.54, 1.807) is 6.92 Å². The summed E-state index contributed by atoms with van der Waals surface area (Å²) in [6.45, 7) is 5.48. The van der Waals surface area contributed by atoms with Crippen molar-refractivity contribution in [1.29, 1.82) is 0 Å². The molecule has 0 heterocycles. The fraction of sp³-hybridized carbons (Fsp3) is 0.417. The van der Waals surface area contributed by atoms with Crippen LogP contribution in [0.2, 0.25) is 5.02 Å². The van der Waals surface area contributed by atoms with Crippen LogP contribution in [0.1, 0.15) is 31.2 Å². The number of alkyl halides is 1. The topological polar surface area (TPSA) is 17.1 Å². The van der Waals surface area contributed by atoms with Crippen molar-refractivity contribution in [3.8, 4) is 0 Å². The quantitative estimate of drug-likeness (QED) is 0.754. The monoisotopic (exact) mass is 288 g/mol. The van der Waals surface area contributed by atoms with E-state index in [-0.39, 0.29) is 10.6 Å². The minimum absolute atomic E-state index is 0.0137. The Morgan fingerprint density at radius 3 is 2.20 bits per heavy atom. The predicted molar refractivity (Wildman–Crippen MR) is 67.6 cm³/mol. The molecule has 0 aliphatic heterocycles. The van der Waals surface area contributed by atoms with Crippen LogP contribution in [-0.2, 0) is 4.79 Å². The molecule has 1 atom stereocenters. The fourth-order valence-corrected chi connectivity index (χ4v) is 1.98. The smallest absolute Gasteiger partial charge is 0.136 e. The molecule has 0 spiro atoms. The molecule has 1 unspecified atom stereocenters. The molecule has 1 aromatic rings. The van der Waals surface area contributed by atoms with Gasteiger partial charge < -0.3 is 0 Å². The summed E-state index contributed by atoms with van der Waals surface area (Å²) >= 11 is 9.38. The van der Waals surface area contributed by atoms with Crippen molar-refractivity contribution in [1.82, 2.24) is 0 Å². The molecule has 0 radical (unpaired) electrons. The zero-order valence-electron chi connectivity index (χ0n) is 9.05. The predicted octanol–water partition coefficient (Wildman–Crippen LogP) is 4.39. The molecule has 0 aromatic heterocycles. The second-order valence-corrected chi connectivity index (χ2v) is 5.54. The first kappa shape index (κ1) is 12.7. The van der Waals surface area contributed by atoms with Gasteiger partial charge in [0.2, 0.25) is 0 Å². The summed E-state index contributed by atoms with van der Waals surface area (Å²) in [5.41, 5.74) is 0.660. The van der Waals surface area contributed by atoms with E-state index >= 15 is 0 Å².